The summed E-state index contributed by atoms with van der Waals surface area (Å²) < 4.78 is 11.9. The highest BCUT2D eigenvalue weighted by Gasteiger charge is 2.36. The fourth-order valence-corrected chi connectivity index (χ4v) is 9.77. The van der Waals surface area contributed by atoms with E-state index in [1.165, 1.54) is 9.80 Å². The topological polar surface area (TPSA) is 151 Å². The van der Waals surface area contributed by atoms with Crippen LogP contribution in [0.25, 0.3) is 44.4 Å². The Balaban J connectivity index is 1.18. The number of rotatable bonds is 12. The summed E-state index contributed by atoms with van der Waals surface area (Å²) in [6, 6.07) is 22.3. The van der Waals surface area contributed by atoms with Crippen molar-refractivity contribution in [2.24, 2.45) is 0 Å². The molecule has 9 rings (SSSR count). The second-order valence-corrected chi connectivity index (χ2v) is 17.1. The number of aryl methyl sites for hydroxylation is 2. The molecule has 8 bridgehead atoms. The third-order valence-electron chi connectivity index (χ3n) is 13.5. The van der Waals surface area contributed by atoms with E-state index in [0.29, 0.717) is 47.9 Å². The Bertz CT molecular complexity index is 2990. The Labute approximate surface area is 372 Å². The molecule has 0 saturated carbocycles. The highest BCUT2D eigenvalue weighted by molar-refractivity contribution is 6.22. The summed E-state index contributed by atoms with van der Waals surface area (Å²) in [7, 11) is 3.42. The van der Waals surface area contributed by atoms with Gasteiger partial charge in [-0.2, -0.15) is 0 Å². The average molecular weight is 857 g/mol. The summed E-state index contributed by atoms with van der Waals surface area (Å²) >= 11 is 0. The van der Waals surface area contributed by atoms with Crippen molar-refractivity contribution in [3.8, 4) is 0 Å². The van der Waals surface area contributed by atoms with Crippen LogP contribution in [0.15, 0.2) is 72.8 Å². The molecule has 64 heavy (non-hydrogen) atoms. The van der Waals surface area contributed by atoms with Crippen molar-refractivity contribution in [1.82, 2.24) is 29.7 Å². The molecule has 0 fully saturated rings. The maximum absolute atomic E-state index is 13.3. The Kier molecular flexibility index (Phi) is 11.1. The zero-order valence-electron chi connectivity index (χ0n) is 37.6. The number of hydrogen-bond acceptors (Lipinski definition) is 8. The summed E-state index contributed by atoms with van der Waals surface area (Å²) in [5, 5.41) is 0. The molecule has 4 aliphatic heterocycles. The average Bonchev–Trinajstić information content (AvgIpc) is 4.07. The van der Waals surface area contributed by atoms with Crippen LogP contribution in [0.5, 0.6) is 0 Å². The maximum atomic E-state index is 13.3. The monoisotopic (exact) mass is 856 g/mol. The molecule has 4 amide bonds. The summed E-state index contributed by atoms with van der Waals surface area (Å²) in [4.78, 5) is 74.0. The van der Waals surface area contributed by atoms with Gasteiger partial charge in [0.15, 0.2) is 0 Å². The quantitative estimate of drug-likeness (QED) is 0.118. The van der Waals surface area contributed by atoms with Crippen molar-refractivity contribution in [2.75, 3.05) is 27.3 Å². The minimum atomic E-state index is -0.273. The van der Waals surface area contributed by atoms with Gasteiger partial charge in [-0.3, -0.25) is 29.0 Å². The van der Waals surface area contributed by atoms with Gasteiger partial charge in [0.1, 0.15) is 0 Å². The molecule has 2 aromatic carbocycles. The van der Waals surface area contributed by atoms with Gasteiger partial charge < -0.3 is 19.4 Å². The van der Waals surface area contributed by atoms with Gasteiger partial charge in [0.05, 0.1) is 57.2 Å². The van der Waals surface area contributed by atoms with Crippen LogP contribution in [-0.2, 0) is 9.47 Å². The van der Waals surface area contributed by atoms with E-state index in [-0.39, 0.29) is 48.9 Å². The van der Waals surface area contributed by atoms with Crippen LogP contribution in [0.2, 0.25) is 0 Å². The molecule has 2 unspecified atom stereocenters. The number of nitrogens with one attached hydrogen (secondary N) is 2. The molecule has 12 heteroatoms. The number of benzene rings is 2. The number of allylic oxidation sites excluding steroid dienone is 4. The van der Waals surface area contributed by atoms with E-state index in [9.17, 15) is 19.2 Å². The first-order chi connectivity index (χ1) is 30.8. The van der Waals surface area contributed by atoms with Crippen molar-refractivity contribution < 1.29 is 28.7 Å². The minimum Gasteiger partial charge on any atom is -0.377 e. The lowest BCUT2D eigenvalue weighted by atomic mass is 9.98. The number of hydrogen-bond donors (Lipinski definition) is 2. The number of aromatic amines is 2. The Hall–Kier alpha value is -6.76. The molecule has 0 spiro atoms. The van der Waals surface area contributed by atoms with E-state index in [2.05, 4.69) is 55.9 Å². The molecular formula is C52H52N6O6. The third kappa shape index (κ3) is 7.10. The summed E-state index contributed by atoms with van der Waals surface area (Å²) in [5.74, 6) is -1.09. The number of amides is 4. The van der Waals surface area contributed by atoms with E-state index in [4.69, 9.17) is 19.4 Å². The first kappa shape index (κ1) is 42.5. The highest BCUT2D eigenvalue weighted by Crippen LogP contribution is 2.40. The van der Waals surface area contributed by atoms with Gasteiger partial charge in [-0.15, -0.1) is 0 Å². The lowest BCUT2D eigenvalue weighted by Gasteiger charge is -2.14. The van der Waals surface area contributed by atoms with Gasteiger partial charge in [0.25, 0.3) is 23.6 Å². The Morgan fingerprint density at radius 1 is 0.516 bits per heavy atom. The second kappa shape index (κ2) is 16.7. The van der Waals surface area contributed by atoms with Crippen LogP contribution in [-0.4, -0.2) is 80.7 Å². The fourth-order valence-electron chi connectivity index (χ4n) is 9.77. The van der Waals surface area contributed by atoms with E-state index in [1.807, 2.05) is 19.9 Å². The van der Waals surface area contributed by atoms with E-state index < -0.39 is 0 Å². The third-order valence-corrected chi connectivity index (χ3v) is 13.5. The fraction of sp³-hybridized carbons (Fsp3) is 0.308. The van der Waals surface area contributed by atoms with Crippen molar-refractivity contribution >= 4 is 68.0 Å². The number of H-pyrrole nitrogens is 2. The summed E-state index contributed by atoms with van der Waals surface area (Å²) in [6.45, 7) is 12.9. The molecule has 7 heterocycles. The van der Waals surface area contributed by atoms with Gasteiger partial charge in [-0.25, -0.2) is 9.97 Å². The molecule has 3 aromatic heterocycles. The van der Waals surface area contributed by atoms with Crippen LogP contribution >= 0.6 is 0 Å². The number of ether oxygens (including phenoxy) is 2. The van der Waals surface area contributed by atoms with Gasteiger partial charge in [0.2, 0.25) is 0 Å². The zero-order valence-corrected chi connectivity index (χ0v) is 37.6. The Morgan fingerprint density at radius 2 is 0.875 bits per heavy atom. The maximum Gasteiger partial charge on any atom is 0.261 e. The number of imide groups is 2. The zero-order chi connectivity index (χ0) is 45.1. The predicted octanol–water partition coefficient (Wildman–Crippen LogP) is 10.4. The second-order valence-electron chi connectivity index (χ2n) is 17.1. The van der Waals surface area contributed by atoms with E-state index >= 15 is 0 Å². The lowest BCUT2D eigenvalue weighted by Crippen LogP contribution is -2.30. The number of methoxy groups -OCH3 is 2. The standard InChI is InChI=1S/C52H52N6O6/c1-27-33(19-13-21-57-49(59)35-15-9-10-16-36(35)50(57)60)43-26-44-34(20-14-22-58-51(61)37-17-11-12-18-38(37)52(58)62)28(2)40(54-44)24-45-48(32(6)64-8)30(4)42(56-45)25-46-47(31(5)63-7)29(3)41(55-46)23-39(27)53-43/h9-12,15-18,23-26,31-32,55-56H,13-14,19-22H2,1-8H3. The highest BCUT2D eigenvalue weighted by atomic mass is 16.5. The van der Waals surface area contributed by atoms with E-state index in [1.54, 1.807) is 62.8 Å². The van der Waals surface area contributed by atoms with Gasteiger partial charge in [-0.1, -0.05) is 24.3 Å². The smallest absolute Gasteiger partial charge is 0.261 e. The van der Waals surface area contributed by atoms with Gasteiger partial charge in [0, 0.05) is 60.5 Å². The first-order valence-corrected chi connectivity index (χ1v) is 21.9. The van der Waals surface area contributed by atoms with Crippen molar-refractivity contribution in [2.45, 2.75) is 79.4 Å². The van der Waals surface area contributed by atoms with Crippen LogP contribution in [0.1, 0.15) is 152 Å². The molecule has 0 saturated heterocycles. The largest absolute Gasteiger partial charge is 0.377 e. The first-order valence-electron chi connectivity index (χ1n) is 21.9. The van der Waals surface area contributed by atoms with Gasteiger partial charge >= 0.3 is 0 Å². The number of aromatic nitrogens is 4. The molecule has 2 atom stereocenters. The normalized spacial score (nSPS) is 15.8. The van der Waals surface area contributed by atoms with Crippen LogP contribution < -0.4 is 0 Å². The van der Waals surface area contributed by atoms with Crippen LogP contribution in [0.3, 0.4) is 0 Å². The molecule has 2 N–H and O–H groups in total. The molecule has 0 aliphatic carbocycles. The number of carbonyl (C=O) groups excluding carboxylic acids is 4. The number of carbonyl (C=O) groups is 4. The molecular weight excluding hydrogens is 805 g/mol. The molecule has 0 radical (unpaired) electrons. The number of fused-ring (bicyclic) bond motifs is 10. The molecule has 5 aromatic rings. The molecule has 326 valence electrons. The minimum absolute atomic E-state index is 0.203. The van der Waals surface area contributed by atoms with Crippen LogP contribution in [0.4, 0.5) is 0 Å². The van der Waals surface area contributed by atoms with E-state index in [0.717, 1.165) is 89.4 Å². The van der Waals surface area contributed by atoms with Crippen molar-refractivity contribution in [3.63, 3.8) is 0 Å². The van der Waals surface area contributed by atoms with Crippen molar-refractivity contribution in [3.05, 3.63) is 140 Å². The summed E-state index contributed by atoms with van der Waals surface area (Å²) in [6.07, 6.45) is 1.73. The SMILES string of the molecule is COC(C)c1c(C)c2cc3[nH]c(cc4nc(cc5nc(cc1[nH]2)C(C)=C5CCCN1C(=O)c2ccccc2C1=O)C(CCCN1C(=O)c2ccccc2C1=O)=C4C)c(C)c3C(C)OC. The van der Waals surface area contributed by atoms with Crippen molar-refractivity contribution in [1.29, 1.82) is 0 Å². The van der Waals surface area contributed by atoms with Crippen LogP contribution in [0, 0.1) is 13.8 Å². The predicted molar refractivity (Wildman–Crippen MR) is 248 cm³/mol. The molecule has 12 nitrogen and oxygen atoms in total. The number of nitrogens with zero attached hydrogens (tertiary/aromatic N) is 4. The molecule has 4 aliphatic rings. The summed E-state index contributed by atoms with van der Waals surface area (Å²) in [5.41, 5.74) is 16.6. The van der Waals surface area contributed by atoms with Gasteiger partial charge in [-0.05, 0) is 149 Å². The lowest BCUT2D eigenvalue weighted by molar-refractivity contribution is 0.0637. The Morgan fingerprint density at radius 3 is 1.27 bits per heavy atom.